The molecule has 1 aromatic carbocycles. The first-order valence-electron chi connectivity index (χ1n) is 6.58. The molecule has 5 nitrogen and oxygen atoms in total. The number of benzene rings is 1. The number of nitrogens with one attached hydrogen (secondary N) is 1. The molecule has 108 valence electrons. The van der Waals surface area contributed by atoms with Crippen molar-refractivity contribution in [3.63, 3.8) is 0 Å². The number of nitrogens with two attached hydrogens (primary N) is 1. The molecule has 0 aromatic heterocycles. The molecule has 0 saturated carbocycles. The molecule has 5 heteroatoms. The Kier molecular flexibility index (Phi) is 6.46. The van der Waals surface area contributed by atoms with Crippen molar-refractivity contribution in [2.24, 2.45) is 5.73 Å². The lowest BCUT2D eigenvalue weighted by atomic mass is 10.1. The van der Waals surface area contributed by atoms with Crippen LogP contribution in [0.1, 0.15) is 25.8 Å². The number of ether oxygens (including phenoxy) is 1. The van der Waals surface area contributed by atoms with Crippen LogP contribution in [0.15, 0.2) is 30.3 Å². The first kappa shape index (κ1) is 15.9. The first-order chi connectivity index (χ1) is 9.56. The maximum atomic E-state index is 11.6. The molecule has 1 aromatic rings. The molecule has 0 bridgehead atoms. The summed E-state index contributed by atoms with van der Waals surface area (Å²) in [7, 11) is 0. The minimum atomic E-state index is -0.501. The molecular formula is C15H20N2O3. The van der Waals surface area contributed by atoms with Gasteiger partial charge in [-0.1, -0.05) is 19.1 Å². The van der Waals surface area contributed by atoms with Crippen molar-refractivity contribution in [3.8, 4) is 0 Å². The van der Waals surface area contributed by atoms with Gasteiger partial charge in [0.15, 0.2) is 0 Å². The van der Waals surface area contributed by atoms with Gasteiger partial charge in [0.2, 0.25) is 5.91 Å². The van der Waals surface area contributed by atoms with Crippen LogP contribution in [0, 0.1) is 0 Å². The third-order valence-corrected chi connectivity index (χ3v) is 2.65. The molecule has 1 unspecified atom stereocenters. The van der Waals surface area contributed by atoms with E-state index < -0.39 is 6.04 Å². The highest BCUT2D eigenvalue weighted by Gasteiger charge is 2.10. The quantitative estimate of drug-likeness (QED) is 0.614. The normalized spacial score (nSPS) is 12.2. The maximum absolute atomic E-state index is 11.6. The van der Waals surface area contributed by atoms with E-state index in [0.717, 1.165) is 5.56 Å². The van der Waals surface area contributed by atoms with Crippen LogP contribution in [0.25, 0.3) is 6.08 Å². The molecule has 0 spiro atoms. The second-order valence-corrected chi connectivity index (χ2v) is 4.21. The fourth-order valence-corrected chi connectivity index (χ4v) is 1.45. The van der Waals surface area contributed by atoms with E-state index in [-0.39, 0.29) is 11.9 Å². The number of hydrogen-bond acceptors (Lipinski definition) is 4. The highest BCUT2D eigenvalue weighted by molar-refractivity contribution is 5.94. The highest BCUT2D eigenvalue weighted by atomic mass is 16.5. The van der Waals surface area contributed by atoms with Crippen molar-refractivity contribution in [2.75, 3.05) is 11.9 Å². The minimum absolute atomic E-state index is 0.206. The number of esters is 1. The van der Waals surface area contributed by atoms with E-state index in [1.165, 1.54) is 6.08 Å². The zero-order chi connectivity index (χ0) is 15.0. The average Bonchev–Trinajstić information content (AvgIpc) is 2.46. The fourth-order valence-electron chi connectivity index (χ4n) is 1.45. The van der Waals surface area contributed by atoms with E-state index in [1.807, 2.05) is 6.92 Å². The van der Waals surface area contributed by atoms with Gasteiger partial charge in [-0.05, 0) is 37.1 Å². The van der Waals surface area contributed by atoms with Crippen LogP contribution < -0.4 is 11.1 Å². The molecule has 0 heterocycles. The molecule has 1 amide bonds. The Hall–Kier alpha value is -2.14. The van der Waals surface area contributed by atoms with Crippen LogP contribution in [0.5, 0.6) is 0 Å². The predicted octanol–water partition coefficient (Wildman–Crippen LogP) is 1.94. The van der Waals surface area contributed by atoms with E-state index in [2.05, 4.69) is 5.32 Å². The summed E-state index contributed by atoms with van der Waals surface area (Å²) in [4.78, 5) is 22.8. The minimum Gasteiger partial charge on any atom is -0.463 e. The van der Waals surface area contributed by atoms with Crippen molar-refractivity contribution >= 4 is 23.6 Å². The van der Waals surface area contributed by atoms with Crippen molar-refractivity contribution in [1.29, 1.82) is 0 Å². The van der Waals surface area contributed by atoms with Crippen LogP contribution in [0.4, 0.5) is 5.69 Å². The number of amides is 1. The monoisotopic (exact) mass is 276 g/mol. The number of anilines is 1. The number of rotatable bonds is 6. The van der Waals surface area contributed by atoms with Crippen LogP contribution in [-0.2, 0) is 14.3 Å². The fraction of sp³-hybridized carbons (Fsp3) is 0.333. The second-order valence-electron chi connectivity index (χ2n) is 4.21. The van der Waals surface area contributed by atoms with E-state index >= 15 is 0 Å². The molecule has 1 rings (SSSR count). The lowest BCUT2D eigenvalue weighted by Crippen LogP contribution is -2.34. The van der Waals surface area contributed by atoms with Gasteiger partial charge in [-0.2, -0.15) is 0 Å². The first-order valence-corrected chi connectivity index (χ1v) is 6.58. The van der Waals surface area contributed by atoms with Gasteiger partial charge < -0.3 is 15.8 Å². The molecule has 0 saturated heterocycles. The van der Waals surface area contributed by atoms with Crippen LogP contribution >= 0.6 is 0 Å². The molecule has 20 heavy (non-hydrogen) atoms. The molecule has 3 N–H and O–H groups in total. The zero-order valence-electron chi connectivity index (χ0n) is 11.8. The van der Waals surface area contributed by atoms with Gasteiger partial charge in [0.05, 0.1) is 12.6 Å². The van der Waals surface area contributed by atoms with Gasteiger partial charge in [-0.25, -0.2) is 4.79 Å². The van der Waals surface area contributed by atoms with Crippen molar-refractivity contribution in [3.05, 3.63) is 35.9 Å². The van der Waals surface area contributed by atoms with Gasteiger partial charge in [0, 0.05) is 11.8 Å². The average molecular weight is 276 g/mol. The summed E-state index contributed by atoms with van der Waals surface area (Å²) in [5.74, 6) is -0.582. The highest BCUT2D eigenvalue weighted by Crippen LogP contribution is 2.11. The maximum Gasteiger partial charge on any atom is 0.330 e. The van der Waals surface area contributed by atoms with Crippen LogP contribution in [0.2, 0.25) is 0 Å². The number of carbonyl (C=O) groups is 2. The summed E-state index contributed by atoms with van der Waals surface area (Å²) in [6, 6.07) is 6.60. The number of hydrogen-bond donors (Lipinski definition) is 2. The Labute approximate surface area is 118 Å². The third-order valence-electron chi connectivity index (χ3n) is 2.65. The largest absolute Gasteiger partial charge is 0.463 e. The van der Waals surface area contributed by atoms with Gasteiger partial charge in [0.25, 0.3) is 0 Å². The molecule has 0 aliphatic heterocycles. The zero-order valence-corrected chi connectivity index (χ0v) is 11.8. The summed E-state index contributed by atoms with van der Waals surface area (Å²) < 4.78 is 4.78. The van der Waals surface area contributed by atoms with E-state index in [1.54, 1.807) is 37.3 Å². The van der Waals surface area contributed by atoms with E-state index in [0.29, 0.717) is 18.7 Å². The van der Waals surface area contributed by atoms with Crippen molar-refractivity contribution < 1.29 is 14.3 Å². The Morgan fingerprint density at radius 2 is 1.95 bits per heavy atom. The van der Waals surface area contributed by atoms with E-state index in [9.17, 15) is 9.59 Å². The number of carbonyl (C=O) groups excluding carboxylic acids is 2. The summed E-state index contributed by atoms with van der Waals surface area (Å²) in [6.07, 6.45) is 3.61. The topological polar surface area (TPSA) is 81.4 Å². The Bertz CT molecular complexity index is 480. The van der Waals surface area contributed by atoms with Crippen LogP contribution in [0.3, 0.4) is 0 Å². The lowest BCUT2D eigenvalue weighted by molar-refractivity contribution is -0.137. The van der Waals surface area contributed by atoms with Gasteiger partial charge in [-0.15, -0.1) is 0 Å². The van der Waals surface area contributed by atoms with Gasteiger partial charge in [-0.3, -0.25) is 4.79 Å². The summed E-state index contributed by atoms with van der Waals surface area (Å²) in [5.41, 5.74) is 7.15. The molecule has 1 atom stereocenters. The molecule has 0 fully saturated rings. The Balaban J connectivity index is 2.60. The van der Waals surface area contributed by atoms with Crippen molar-refractivity contribution in [2.45, 2.75) is 26.3 Å². The molecule has 0 aliphatic carbocycles. The Morgan fingerprint density at radius 1 is 1.30 bits per heavy atom. The predicted molar refractivity (Wildman–Crippen MR) is 79.0 cm³/mol. The van der Waals surface area contributed by atoms with Gasteiger partial charge in [0.1, 0.15) is 0 Å². The second kappa shape index (κ2) is 8.12. The van der Waals surface area contributed by atoms with Crippen LogP contribution in [-0.4, -0.2) is 24.5 Å². The molecule has 0 radical (unpaired) electrons. The Morgan fingerprint density at radius 3 is 2.50 bits per heavy atom. The van der Waals surface area contributed by atoms with Gasteiger partial charge >= 0.3 is 5.97 Å². The smallest absolute Gasteiger partial charge is 0.330 e. The summed E-state index contributed by atoms with van der Waals surface area (Å²) >= 11 is 0. The molecule has 0 aliphatic rings. The lowest BCUT2D eigenvalue weighted by Gasteiger charge is -2.09. The summed E-state index contributed by atoms with van der Waals surface area (Å²) in [5, 5.41) is 2.73. The van der Waals surface area contributed by atoms with E-state index in [4.69, 9.17) is 10.5 Å². The third kappa shape index (κ3) is 5.24. The standard InChI is InChI=1S/C15H20N2O3/c1-3-13(16)15(19)17-12-8-5-11(6-9-12)7-10-14(18)20-4-2/h5-10,13H,3-4,16H2,1-2H3,(H,17,19). The molecular weight excluding hydrogens is 256 g/mol. The van der Waals surface area contributed by atoms with Crippen molar-refractivity contribution in [1.82, 2.24) is 0 Å². The summed E-state index contributed by atoms with van der Waals surface area (Å²) in [6.45, 7) is 3.96. The SMILES string of the molecule is CCOC(=O)C=Cc1ccc(NC(=O)C(N)CC)cc1.